The van der Waals surface area contributed by atoms with Gasteiger partial charge in [0.1, 0.15) is 10.2 Å². The average Bonchev–Trinajstić information content (AvgIpc) is 2.97. The molecule has 0 unspecified atom stereocenters. The van der Waals surface area contributed by atoms with E-state index in [0.717, 1.165) is 36.3 Å². The molecule has 104 valence electrons. The van der Waals surface area contributed by atoms with E-state index in [1.54, 1.807) is 11.3 Å². The first-order valence-electron chi connectivity index (χ1n) is 6.36. The Labute approximate surface area is 141 Å². The maximum Gasteiger partial charge on any atom is 0.162 e. The molecule has 0 aliphatic rings. The molecule has 4 rings (SSSR count). The summed E-state index contributed by atoms with van der Waals surface area (Å²) in [5, 5.41) is 0. The molecule has 0 spiro atoms. The highest BCUT2D eigenvalue weighted by Crippen LogP contribution is 2.35. The molecule has 4 aromatic rings. The van der Waals surface area contributed by atoms with Gasteiger partial charge in [-0.15, -0.1) is 11.3 Å². The largest absolute Gasteiger partial charge is 0.319 e. The number of nitrogens with zero attached hydrogens (tertiary/aromatic N) is 3. The van der Waals surface area contributed by atoms with Gasteiger partial charge in [0.05, 0.1) is 5.52 Å². The molecule has 6 heteroatoms. The van der Waals surface area contributed by atoms with Crippen LogP contribution in [0.3, 0.4) is 0 Å². The molecule has 0 bridgehead atoms. The van der Waals surface area contributed by atoms with Crippen LogP contribution in [-0.4, -0.2) is 14.5 Å². The van der Waals surface area contributed by atoms with Gasteiger partial charge in [-0.2, -0.15) is 0 Å². The number of hydrogen-bond donors (Lipinski definition) is 0. The van der Waals surface area contributed by atoms with Crippen LogP contribution in [0.5, 0.6) is 0 Å². The number of halogens is 2. The molecule has 0 aliphatic heterocycles. The van der Waals surface area contributed by atoms with Gasteiger partial charge in [0.25, 0.3) is 0 Å². The van der Waals surface area contributed by atoms with E-state index in [2.05, 4.69) is 76.7 Å². The van der Waals surface area contributed by atoms with E-state index in [1.165, 1.54) is 5.56 Å². The molecule has 0 atom stereocenters. The summed E-state index contributed by atoms with van der Waals surface area (Å²) in [6, 6.07) is 12.5. The van der Waals surface area contributed by atoms with E-state index in [9.17, 15) is 0 Å². The smallest absolute Gasteiger partial charge is 0.162 e. The number of fused-ring (bicyclic) bond motifs is 3. The summed E-state index contributed by atoms with van der Waals surface area (Å²) in [5.74, 6) is 0. The van der Waals surface area contributed by atoms with Crippen molar-refractivity contribution in [3.8, 4) is 0 Å². The Morgan fingerprint density at radius 2 is 1.95 bits per heavy atom. The first-order chi connectivity index (χ1) is 10.2. The Balaban J connectivity index is 2.01. The van der Waals surface area contributed by atoms with Crippen LogP contribution < -0.4 is 0 Å². The first-order valence-corrected chi connectivity index (χ1v) is 8.76. The van der Waals surface area contributed by atoms with Crippen LogP contribution in [0, 0.1) is 0 Å². The second kappa shape index (κ2) is 5.19. The third-order valence-corrected chi connectivity index (χ3v) is 5.30. The third kappa shape index (κ3) is 2.31. The van der Waals surface area contributed by atoms with Gasteiger partial charge in [-0.05, 0) is 43.5 Å². The predicted molar refractivity (Wildman–Crippen MR) is 93.9 cm³/mol. The molecule has 3 aromatic heterocycles. The summed E-state index contributed by atoms with van der Waals surface area (Å²) in [5.41, 5.74) is 4.35. The standard InChI is InChI=1S/C15H9Br2N3S/c16-10-6-11-12(18-7-10)13-14(19-15(17)21-13)20(11)8-9-4-2-1-3-5-9/h1-7H,8H2. The van der Waals surface area contributed by atoms with Gasteiger partial charge in [0.15, 0.2) is 9.56 Å². The van der Waals surface area contributed by atoms with Crippen molar-refractivity contribution in [3.05, 3.63) is 56.5 Å². The Kier molecular flexibility index (Phi) is 3.32. The van der Waals surface area contributed by atoms with Crippen LogP contribution in [-0.2, 0) is 6.54 Å². The Hall–Kier alpha value is -1.24. The van der Waals surface area contributed by atoms with Crippen molar-refractivity contribution in [2.24, 2.45) is 0 Å². The summed E-state index contributed by atoms with van der Waals surface area (Å²) in [4.78, 5) is 9.19. The minimum absolute atomic E-state index is 0.787. The molecule has 0 fully saturated rings. The van der Waals surface area contributed by atoms with Crippen LogP contribution in [0.25, 0.3) is 21.4 Å². The van der Waals surface area contributed by atoms with Crippen LogP contribution in [0.4, 0.5) is 0 Å². The number of benzene rings is 1. The van der Waals surface area contributed by atoms with E-state index in [0.29, 0.717) is 0 Å². The van der Waals surface area contributed by atoms with Gasteiger partial charge in [-0.25, -0.2) is 4.98 Å². The van der Waals surface area contributed by atoms with Crippen molar-refractivity contribution < 1.29 is 0 Å². The zero-order valence-corrected chi connectivity index (χ0v) is 14.7. The lowest BCUT2D eigenvalue weighted by molar-refractivity contribution is 0.856. The molecule has 3 nitrogen and oxygen atoms in total. The number of hydrogen-bond acceptors (Lipinski definition) is 3. The van der Waals surface area contributed by atoms with E-state index < -0.39 is 0 Å². The second-order valence-electron chi connectivity index (χ2n) is 4.71. The number of thiazole rings is 1. The highest BCUT2D eigenvalue weighted by atomic mass is 79.9. The van der Waals surface area contributed by atoms with Crippen LogP contribution in [0.15, 0.2) is 51.0 Å². The fourth-order valence-corrected chi connectivity index (χ4v) is 4.25. The van der Waals surface area contributed by atoms with E-state index >= 15 is 0 Å². The summed E-state index contributed by atoms with van der Waals surface area (Å²) < 4.78 is 5.22. The normalized spacial score (nSPS) is 11.5. The fourth-order valence-electron chi connectivity index (χ4n) is 2.47. The van der Waals surface area contributed by atoms with E-state index in [1.807, 2.05) is 12.3 Å². The summed E-state index contributed by atoms with van der Waals surface area (Å²) >= 11 is 8.62. The zero-order valence-electron chi connectivity index (χ0n) is 10.8. The van der Waals surface area contributed by atoms with Gasteiger partial charge in [-0.1, -0.05) is 30.3 Å². The van der Waals surface area contributed by atoms with Crippen molar-refractivity contribution >= 4 is 64.6 Å². The molecular formula is C15H9Br2N3S. The van der Waals surface area contributed by atoms with Crippen LogP contribution >= 0.6 is 43.2 Å². The lowest BCUT2D eigenvalue weighted by Crippen LogP contribution is -1.99. The van der Waals surface area contributed by atoms with Crippen molar-refractivity contribution in [2.45, 2.75) is 6.54 Å². The lowest BCUT2D eigenvalue weighted by Gasteiger charge is -2.06. The molecule has 0 N–H and O–H groups in total. The van der Waals surface area contributed by atoms with Crippen LogP contribution in [0.1, 0.15) is 5.56 Å². The number of rotatable bonds is 2. The molecule has 0 saturated carbocycles. The van der Waals surface area contributed by atoms with Gasteiger partial charge < -0.3 is 4.57 Å². The minimum atomic E-state index is 0.787. The maximum atomic E-state index is 4.62. The molecule has 3 heterocycles. The quantitative estimate of drug-likeness (QED) is 0.443. The molecule has 0 amide bonds. The van der Waals surface area contributed by atoms with Crippen molar-refractivity contribution in [1.29, 1.82) is 0 Å². The fraction of sp³-hybridized carbons (Fsp3) is 0.0667. The summed E-state index contributed by atoms with van der Waals surface area (Å²) in [7, 11) is 0. The second-order valence-corrected chi connectivity index (χ2v) is 7.90. The van der Waals surface area contributed by atoms with Gasteiger partial charge in [0.2, 0.25) is 0 Å². The monoisotopic (exact) mass is 421 g/mol. The third-order valence-electron chi connectivity index (χ3n) is 3.36. The summed E-state index contributed by atoms with van der Waals surface area (Å²) in [6.45, 7) is 0.787. The predicted octanol–water partition coefficient (Wildman–Crippen LogP) is 5.22. The highest BCUT2D eigenvalue weighted by Gasteiger charge is 2.16. The molecule has 0 saturated heterocycles. The Bertz CT molecular complexity index is 944. The maximum absolute atomic E-state index is 4.62. The van der Waals surface area contributed by atoms with Gasteiger partial charge in [-0.3, -0.25) is 4.98 Å². The van der Waals surface area contributed by atoms with E-state index in [-0.39, 0.29) is 0 Å². The zero-order chi connectivity index (χ0) is 14.4. The molecule has 21 heavy (non-hydrogen) atoms. The number of aromatic nitrogens is 3. The summed E-state index contributed by atoms with van der Waals surface area (Å²) in [6.07, 6.45) is 1.84. The SMILES string of the molecule is Brc1cnc2c3sc(Br)nc3n(Cc3ccccc3)c2c1. The molecule has 0 radical (unpaired) electrons. The van der Waals surface area contributed by atoms with Crippen molar-refractivity contribution in [2.75, 3.05) is 0 Å². The minimum Gasteiger partial charge on any atom is -0.319 e. The van der Waals surface area contributed by atoms with Crippen molar-refractivity contribution in [1.82, 2.24) is 14.5 Å². The van der Waals surface area contributed by atoms with Crippen LogP contribution in [0.2, 0.25) is 0 Å². The van der Waals surface area contributed by atoms with E-state index in [4.69, 9.17) is 0 Å². The molecule has 0 aliphatic carbocycles. The lowest BCUT2D eigenvalue weighted by atomic mass is 10.2. The van der Waals surface area contributed by atoms with Gasteiger partial charge in [0, 0.05) is 17.2 Å². The Morgan fingerprint density at radius 1 is 1.14 bits per heavy atom. The molecular weight excluding hydrogens is 414 g/mol. The van der Waals surface area contributed by atoms with Gasteiger partial charge >= 0.3 is 0 Å². The number of pyridine rings is 1. The Morgan fingerprint density at radius 3 is 2.76 bits per heavy atom. The first kappa shape index (κ1) is 13.4. The highest BCUT2D eigenvalue weighted by molar-refractivity contribution is 9.11. The molecule has 1 aromatic carbocycles. The topological polar surface area (TPSA) is 30.7 Å². The average molecular weight is 423 g/mol. The van der Waals surface area contributed by atoms with Crippen molar-refractivity contribution in [3.63, 3.8) is 0 Å².